The molecule has 0 saturated heterocycles. The van der Waals surface area contributed by atoms with E-state index in [0.717, 1.165) is 64.6 Å². The highest BCUT2D eigenvalue weighted by molar-refractivity contribution is 6.19. The molecule has 1 aromatic heterocycles. The first-order valence-electron chi connectivity index (χ1n) is 11.8. The molecule has 0 radical (unpaired) electrons. The van der Waals surface area contributed by atoms with Crippen LogP contribution in [0, 0.1) is 0 Å². The number of likely N-dealkylation sites (N-methyl/N-ethyl adjacent to an activating group) is 1. The number of hydrogen-bond donors (Lipinski definition) is 0. The molecule has 1 unspecified atom stereocenters. The molecule has 0 spiro atoms. The Hall–Kier alpha value is -3.84. The van der Waals surface area contributed by atoms with Gasteiger partial charge in [-0.05, 0) is 74.5 Å². The van der Waals surface area contributed by atoms with E-state index in [1.165, 1.54) is 5.56 Å². The maximum atomic E-state index is 5.84. The summed E-state index contributed by atoms with van der Waals surface area (Å²) in [5.41, 5.74) is 7.47. The van der Waals surface area contributed by atoms with Crippen LogP contribution in [-0.4, -0.2) is 61.5 Å². The van der Waals surface area contributed by atoms with Gasteiger partial charge in [0.25, 0.3) is 0 Å². The standard InChI is InChI=1S/C28H29N5O2/c1-33(2)16-17-35-23-8-4-20(5-9-23)28-30-26(19-12-14-29-15-13-19)27(31-28)22-6-10-24-21(18-22)7-11-25(24)32-34-3/h4-6,8-10,12-15,18,27H,7,11,16-17H2,1-3H3. The number of ether oxygens (including phenoxy) is 1. The van der Waals surface area contributed by atoms with E-state index in [9.17, 15) is 0 Å². The van der Waals surface area contributed by atoms with Crippen LogP contribution in [0.15, 0.2) is 82.1 Å². The highest BCUT2D eigenvalue weighted by Crippen LogP contribution is 2.33. The predicted molar refractivity (Wildman–Crippen MR) is 139 cm³/mol. The third-order valence-corrected chi connectivity index (χ3v) is 6.22. The quantitative estimate of drug-likeness (QED) is 0.463. The Morgan fingerprint density at radius 2 is 1.77 bits per heavy atom. The molecule has 2 heterocycles. The molecule has 178 valence electrons. The van der Waals surface area contributed by atoms with Crippen molar-refractivity contribution < 1.29 is 9.57 Å². The fourth-order valence-electron chi connectivity index (χ4n) is 4.42. The van der Waals surface area contributed by atoms with Crippen LogP contribution in [0.2, 0.25) is 0 Å². The smallest absolute Gasteiger partial charge is 0.155 e. The van der Waals surface area contributed by atoms with Gasteiger partial charge < -0.3 is 14.5 Å². The molecule has 2 aromatic carbocycles. The Kier molecular flexibility index (Phi) is 6.68. The van der Waals surface area contributed by atoms with E-state index in [1.54, 1.807) is 19.5 Å². The maximum absolute atomic E-state index is 5.84. The molecule has 1 aliphatic carbocycles. The molecule has 1 atom stereocenters. The number of nitrogens with zero attached hydrogens (tertiary/aromatic N) is 5. The maximum Gasteiger partial charge on any atom is 0.155 e. The van der Waals surface area contributed by atoms with Crippen molar-refractivity contribution in [1.82, 2.24) is 9.88 Å². The van der Waals surface area contributed by atoms with Crippen LogP contribution in [0.4, 0.5) is 0 Å². The summed E-state index contributed by atoms with van der Waals surface area (Å²) in [5.74, 6) is 1.57. The number of aliphatic imine (C=N–C) groups is 2. The van der Waals surface area contributed by atoms with Gasteiger partial charge in [-0.15, -0.1) is 0 Å². The highest BCUT2D eigenvalue weighted by Gasteiger charge is 2.28. The van der Waals surface area contributed by atoms with Gasteiger partial charge in [0.1, 0.15) is 25.5 Å². The van der Waals surface area contributed by atoms with Gasteiger partial charge in [-0.2, -0.15) is 0 Å². The van der Waals surface area contributed by atoms with Crippen LogP contribution in [0.1, 0.15) is 40.3 Å². The minimum absolute atomic E-state index is 0.183. The van der Waals surface area contributed by atoms with Crippen molar-refractivity contribution in [3.8, 4) is 5.75 Å². The van der Waals surface area contributed by atoms with Gasteiger partial charge in [-0.1, -0.05) is 23.4 Å². The molecular formula is C28H29N5O2. The minimum Gasteiger partial charge on any atom is -0.492 e. The topological polar surface area (TPSA) is 71.7 Å². The average Bonchev–Trinajstić information content (AvgIpc) is 3.50. The molecule has 7 heteroatoms. The summed E-state index contributed by atoms with van der Waals surface area (Å²) in [6.07, 6.45) is 5.43. The molecule has 35 heavy (non-hydrogen) atoms. The molecule has 0 N–H and O–H groups in total. The zero-order valence-corrected chi connectivity index (χ0v) is 20.3. The van der Waals surface area contributed by atoms with Gasteiger partial charge in [-0.3, -0.25) is 9.98 Å². The average molecular weight is 468 g/mol. The molecule has 0 fully saturated rings. The fraction of sp³-hybridized carbons (Fsp3) is 0.286. The van der Waals surface area contributed by atoms with Crippen molar-refractivity contribution in [2.45, 2.75) is 18.9 Å². The zero-order chi connectivity index (χ0) is 24.2. The number of amidine groups is 1. The van der Waals surface area contributed by atoms with Gasteiger partial charge in [-0.25, -0.2) is 4.99 Å². The summed E-state index contributed by atoms with van der Waals surface area (Å²) in [5, 5.41) is 4.19. The number of fused-ring (bicyclic) bond motifs is 1. The van der Waals surface area contributed by atoms with Crippen molar-refractivity contribution >= 4 is 17.3 Å². The molecule has 0 saturated carbocycles. The van der Waals surface area contributed by atoms with Gasteiger partial charge in [0.05, 0.1) is 11.4 Å². The van der Waals surface area contributed by atoms with Crippen molar-refractivity contribution in [2.75, 3.05) is 34.4 Å². The van der Waals surface area contributed by atoms with Gasteiger partial charge in [0.2, 0.25) is 0 Å². The molecule has 0 amide bonds. The second-order valence-electron chi connectivity index (χ2n) is 8.90. The SMILES string of the molecule is CON=C1CCc2cc(C3N=C(c4ccc(OCCN(C)C)cc4)N=C3c3ccncc3)ccc21. The monoisotopic (exact) mass is 467 g/mol. The predicted octanol–water partition coefficient (Wildman–Crippen LogP) is 4.31. The number of rotatable bonds is 8. The third-order valence-electron chi connectivity index (χ3n) is 6.22. The molecule has 1 aliphatic heterocycles. The number of aromatic nitrogens is 1. The number of oxime groups is 1. The van der Waals surface area contributed by atoms with Crippen molar-refractivity contribution in [2.24, 2.45) is 15.1 Å². The Labute approximate surface area is 205 Å². The highest BCUT2D eigenvalue weighted by atomic mass is 16.6. The summed E-state index contributed by atoms with van der Waals surface area (Å²) in [6.45, 7) is 1.52. The number of aryl methyl sites for hydroxylation is 1. The second kappa shape index (κ2) is 10.2. The van der Waals surface area contributed by atoms with Crippen LogP contribution < -0.4 is 4.74 Å². The Morgan fingerprint density at radius 3 is 2.51 bits per heavy atom. The lowest BCUT2D eigenvalue weighted by atomic mass is 9.95. The molecule has 0 bridgehead atoms. The van der Waals surface area contributed by atoms with Crippen molar-refractivity contribution in [3.05, 3.63) is 94.8 Å². The minimum atomic E-state index is -0.183. The second-order valence-corrected chi connectivity index (χ2v) is 8.90. The Morgan fingerprint density at radius 1 is 0.971 bits per heavy atom. The number of benzene rings is 2. The Balaban J connectivity index is 1.45. The van der Waals surface area contributed by atoms with Gasteiger partial charge in [0, 0.05) is 35.6 Å². The number of hydrogen-bond acceptors (Lipinski definition) is 7. The molecular weight excluding hydrogens is 438 g/mol. The lowest BCUT2D eigenvalue weighted by molar-refractivity contribution is 0.213. The van der Waals surface area contributed by atoms with Crippen LogP contribution >= 0.6 is 0 Å². The van der Waals surface area contributed by atoms with E-state index in [2.05, 4.69) is 33.2 Å². The summed E-state index contributed by atoms with van der Waals surface area (Å²) in [6, 6.07) is 18.3. The van der Waals surface area contributed by atoms with E-state index in [1.807, 2.05) is 50.5 Å². The lowest BCUT2D eigenvalue weighted by Crippen LogP contribution is -2.19. The first kappa shape index (κ1) is 22.9. The fourth-order valence-corrected chi connectivity index (χ4v) is 4.42. The van der Waals surface area contributed by atoms with Crippen LogP contribution in [0.5, 0.6) is 5.75 Å². The van der Waals surface area contributed by atoms with Crippen LogP contribution in [0.3, 0.4) is 0 Å². The van der Waals surface area contributed by atoms with E-state index in [-0.39, 0.29) is 6.04 Å². The Bertz CT molecular complexity index is 1280. The van der Waals surface area contributed by atoms with Crippen molar-refractivity contribution in [3.63, 3.8) is 0 Å². The van der Waals surface area contributed by atoms with Crippen LogP contribution in [-0.2, 0) is 11.3 Å². The van der Waals surface area contributed by atoms with Crippen LogP contribution in [0.25, 0.3) is 0 Å². The van der Waals surface area contributed by atoms with E-state index in [4.69, 9.17) is 19.6 Å². The summed E-state index contributed by atoms with van der Waals surface area (Å²) in [4.78, 5) is 21.4. The lowest BCUT2D eigenvalue weighted by Gasteiger charge is -2.13. The summed E-state index contributed by atoms with van der Waals surface area (Å²) >= 11 is 0. The van der Waals surface area contributed by atoms with Gasteiger partial charge in [0.15, 0.2) is 5.84 Å². The summed E-state index contributed by atoms with van der Waals surface area (Å²) < 4.78 is 5.84. The van der Waals surface area contributed by atoms with E-state index >= 15 is 0 Å². The first-order chi connectivity index (χ1) is 17.1. The van der Waals surface area contributed by atoms with E-state index < -0.39 is 0 Å². The normalized spacial score (nSPS) is 17.9. The molecule has 3 aromatic rings. The molecule has 2 aliphatic rings. The van der Waals surface area contributed by atoms with Crippen molar-refractivity contribution in [1.29, 1.82) is 0 Å². The number of pyridine rings is 1. The molecule has 5 rings (SSSR count). The third kappa shape index (κ3) is 5.00. The largest absolute Gasteiger partial charge is 0.492 e. The molecule has 7 nitrogen and oxygen atoms in total. The summed E-state index contributed by atoms with van der Waals surface area (Å²) in [7, 11) is 5.66. The van der Waals surface area contributed by atoms with Gasteiger partial charge >= 0.3 is 0 Å². The first-order valence-corrected chi connectivity index (χ1v) is 11.8. The zero-order valence-electron chi connectivity index (χ0n) is 20.3. The van der Waals surface area contributed by atoms with E-state index in [0.29, 0.717) is 6.61 Å².